The molecule has 1 aliphatic heterocycles. The lowest BCUT2D eigenvalue weighted by Gasteiger charge is -2.27. The second kappa shape index (κ2) is 4.28. The van der Waals surface area contributed by atoms with Crippen LogP contribution in [0.4, 0.5) is 4.79 Å². The van der Waals surface area contributed by atoms with Gasteiger partial charge in [-0.05, 0) is 25.0 Å². The lowest BCUT2D eigenvalue weighted by atomic mass is 10.0. The predicted molar refractivity (Wildman–Crippen MR) is 52.8 cm³/mol. The molecule has 1 rings (SSSR count). The maximum Gasteiger partial charge on any atom is 0.411 e. The zero-order chi connectivity index (χ0) is 10.7. The van der Waals surface area contributed by atoms with Gasteiger partial charge in [0.25, 0.3) is 0 Å². The highest BCUT2D eigenvalue weighted by molar-refractivity contribution is 5.68. The fourth-order valence-corrected chi connectivity index (χ4v) is 1.43. The average molecular weight is 197 g/mol. The van der Waals surface area contributed by atoms with Crippen molar-refractivity contribution in [3.8, 4) is 0 Å². The fourth-order valence-electron chi connectivity index (χ4n) is 1.43. The first kappa shape index (κ1) is 10.8. The van der Waals surface area contributed by atoms with E-state index in [2.05, 4.69) is 0 Å². The smallest absolute Gasteiger partial charge is 0.411 e. The summed E-state index contributed by atoms with van der Waals surface area (Å²) < 4.78 is 0. The first-order chi connectivity index (χ1) is 6.56. The maximum absolute atomic E-state index is 10.8. The van der Waals surface area contributed by atoms with Gasteiger partial charge in [0.1, 0.15) is 0 Å². The maximum atomic E-state index is 10.8. The number of hydrogen-bond acceptors (Lipinski definition) is 2. The molecule has 0 aromatic heterocycles. The van der Waals surface area contributed by atoms with Crippen molar-refractivity contribution < 1.29 is 15.0 Å². The van der Waals surface area contributed by atoms with Crippen LogP contribution in [-0.2, 0) is 0 Å². The monoisotopic (exact) mass is 197 g/mol. The van der Waals surface area contributed by atoms with Crippen molar-refractivity contribution in [2.45, 2.75) is 32.4 Å². The normalized spacial score (nSPS) is 23.2. The summed E-state index contributed by atoms with van der Waals surface area (Å²) in [6.45, 7) is 3.58. The van der Waals surface area contributed by atoms with E-state index in [4.69, 9.17) is 5.11 Å². The Morgan fingerprint density at radius 3 is 2.79 bits per heavy atom. The highest BCUT2D eigenvalue weighted by Crippen LogP contribution is 2.18. The number of carbonyl (C=O) groups is 1. The molecule has 0 fully saturated rings. The van der Waals surface area contributed by atoms with Gasteiger partial charge in [-0.25, -0.2) is 4.79 Å². The van der Waals surface area contributed by atoms with Crippen molar-refractivity contribution >= 4 is 6.09 Å². The van der Waals surface area contributed by atoms with Crippen molar-refractivity contribution in [1.29, 1.82) is 0 Å². The van der Waals surface area contributed by atoms with Crippen LogP contribution < -0.4 is 0 Å². The second-order valence-corrected chi connectivity index (χ2v) is 3.32. The van der Waals surface area contributed by atoms with Gasteiger partial charge in [-0.2, -0.15) is 0 Å². The van der Waals surface area contributed by atoms with E-state index in [-0.39, 0.29) is 6.04 Å². The summed E-state index contributed by atoms with van der Waals surface area (Å²) in [4.78, 5) is 12.0. The summed E-state index contributed by atoms with van der Waals surface area (Å²) >= 11 is 0. The molecule has 14 heavy (non-hydrogen) atoms. The minimum atomic E-state index is -0.964. The molecule has 1 heterocycles. The third-order valence-electron chi connectivity index (χ3n) is 2.29. The predicted octanol–water partition coefficient (Wildman–Crippen LogP) is 1.58. The first-order valence-corrected chi connectivity index (χ1v) is 4.65. The third-order valence-corrected chi connectivity index (χ3v) is 2.29. The van der Waals surface area contributed by atoms with E-state index in [1.54, 1.807) is 19.1 Å². The van der Waals surface area contributed by atoms with Gasteiger partial charge in [0.05, 0.1) is 12.1 Å². The van der Waals surface area contributed by atoms with Crippen LogP contribution in [-0.4, -0.2) is 33.4 Å². The highest BCUT2D eigenvalue weighted by atomic mass is 16.4. The molecule has 4 nitrogen and oxygen atoms in total. The molecule has 0 radical (unpaired) electrons. The minimum Gasteiger partial charge on any atom is -0.465 e. The standard InChI is InChI=1S/C10H15NO3/c1-3-9-6-8(7(2)12)4-5-11(9)10(13)14/h4-7,9,12H,3H2,1-2H3,(H,13,14). The molecule has 78 valence electrons. The van der Waals surface area contributed by atoms with E-state index in [1.807, 2.05) is 6.92 Å². The van der Waals surface area contributed by atoms with Crippen LogP contribution >= 0.6 is 0 Å². The van der Waals surface area contributed by atoms with E-state index in [0.717, 1.165) is 5.57 Å². The Bertz CT molecular complexity index is 281. The van der Waals surface area contributed by atoms with Gasteiger partial charge < -0.3 is 10.2 Å². The van der Waals surface area contributed by atoms with Gasteiger partial charge in [0, 0.05) is 6.20 Å². The minimum absolute atomic E-state index is 0.165. The molecule has 1 aliphatic rings. The second-order valence-electron chi connectivity index (χ2n) is 3.32. The highest BCUT2D eigenvalue weighted by Gasteiger charge is 2.21. The Morgan fingerprint density at radius 2 is 2.36 bits per heavy atom. The molecule has 0 saturated heterocycles. The Hall–Kier alpha value is -1.29. The van der Waals surface area contributed by atoms with Crippen molar-refractivity contribution in [3.05, 3.63) is 23.9 Å². The van der Waals surface area contributed by atoms with Crippen LogP contribution in [0, 0.1) is 0 Å². The summed E-state index contributed by atoms with van der Waals surface area (Å²) in [5.74, 6) is 0. The summed E-state index contributed by atoms with van der Waals surface area (Å²) in [5, 5.41) is 18.2. The van der Waals surface area contributed by atoms with Gasteiger partial charge >= 0.3 is 6.09 Å². The van der Waals surface area contributed by atoms with Crippen LogP contribution in [0.2, 0.25) is 0 Å². The number of aliphatic hydroxyl groups excluding tert-OH is 1. The molecular formula is C10H15NO3. The lowest BCUT2D eigenvalue weighted by molar-refractivity contribution is 0.152. The number of amides is 1. The largest absolute Gasteiger partial charge is 0.465 e. The fraction of sp³-hybridized carbons (Fsp3) is 0.500. The molecule has 0 saturated carbocycles. The Kier molecular flexibility index (Phi) is 3.30. The van der Waals surface area contributed by atoms with E-state index in [9.17, 15) is 9.90 Å². The molecule has 2 unspecified atom stereocenters. The quantitative estimate of drug-likeness (QED) is 0.706. The zero-order valence-corrected chi connectivity index (χ0v) is 8.34. The van der Waals surface area contributed by atoms with E-state index < -0.39 is 12.2 Å². The van der Waals surface area contributed by atoms with Crippen LogP contribution in [0.3, 0.4) is 0 Å². The number of hydrogen-bond donors (Lipinski definition) is 2. The van der Waals surface area contributed by atoms with E-state index in [1.165, 1.54) is 11.1 Å². The molecule has 1 amide bonds. The van der Waals surface area contributed by atoms with Crippen LogP contribution in [0.25, 0.3) is 0 Å². The van der Waals surface area contributed by atoms with E-state index in [0.29, 0.717) is 6.42 Å². The van der Waals surface area contributed by atoms with Crippen LogP contribution in [0.5, 0.6) is 0 Å². The molecule has 0 bridgehead atoms. The van der Waals surface area contributed by atoms with Crippen molar-refractivity contribution in [2.75, 3.05) is 0 Å². The number of aliphatic hydroxyl groups is 1. The molecule has 0 aliphatic carbocycles. The van der Waals surface area contributed by atoms with Gasteiger partial charge in [-0.3, -0.25) is 4.90 Å². The molecule has 2 atom stereocenters. The number of nitrogens with zero attached hydrogens (tertiary/aromatic N) is 1. The van der Waals surface area contributed by atoms with E-state index >= 15 is 0 Å². The SMILES string of the molecule is CCC1C=C(C(C)O)C=CN1C(=O)O. The Morgan fingerprint density at radius 1 is 1.71 bits per heavy atom. The van der Waals surface area contributed by atoms with Crippen LogP contribution in [0.1, 0.15) is 20.3 Å². The first-order valence-electron chi connectivity index (χ1n) is 4.65. The Balaban J connectivity index is 2.85. The molecule has 2 N–H and O–H groups in total. The summed E-state index contributed by atoms with van der Waals surface area (Å²) in [7, 11) is 0. The van der Waals surface area contributed by atoms with Gasteiger partial charge in [-0.1, -0.05) is 13.0 Å². The summed E-state index contributed by atoms with van der Waals surface area (Å²) in [6.07, 6.45) is 4.11. The molecular weight excluding hydrogens is 182 g/mol. The summed E-state index contributed by atoms with van der Waals surface area (Å²) in [5.41, 5.74) is 0.773. The van der Waals surface area contributed by atoms with Crippen molar-refractivity contribution in [1.82, 2.24) is 4.90 Å². The topological polar surface area (TPSA) is 60.8 Å². The Labute approximate surface area is 83.1 Å². The number of carboxylic acid groups (broad SMARTS) is 1. The van der Waals surface area contributed by atoms with Crippen molar-refractivity contribution in [3.63, 3.8) is 0 Å². The van der Waals surface area contributed by atoms with Crippen LogP contribution in [0.15, 0.2) is 23.9 Å². The molecule has 0 aromatic carbocycles. The summed E-state index contributed by atoms with van der Waals surface area (Å²) in [6, 6.07) is -0.165. The molecule has 0 spiro atoms. The average Bonchev–Trinajstić information content (AvgIpc) is 2.16. The lowest BCUT2D eigenvalue weighted by Crippen LogP contribution is -2.35. The zero-order valence-electron chi connectivity index (χ0n) is 8.34. The third kappa shape index (κ3) is 2.14. The van der Waals surface area contributed by atoms with Gasteiger partial charge in [0.15, 0.2) is 0 Å². The molecule has 4 heteroatoms. The van der Waals surface area contributed by atoms with Gasteiger partial charge in [-0.15, -0.1) is 0 Å². The van der Waals surface area contributed by atoms with Gasteiger partial charge in [0.2, 0.25) is 0 Å². The van der Waals surface area contributed by atoms with Crippen molar-refractivity contribution in [2.24, 2.45) is 0 Å². The molecule has 0 aromatic rings. The number of rotatable bonds is 2.